The van der Waals surface area contributed by atoms with E-state index in [0.717, 1.165) is 17.4 Å². The Bertz CT molecular complexity index is 1030. The summed E-state index contributed by atoms with van der Waals surface area (Å²) >= 11 is 1.65. The smallest absolute Gasteiger partial charge is 0.182 e. The quantitative estimate of drug-likeness (QED) is 0.530. The standard InChI is InChI=1S/C21H21N3S/c1-14-9-10-19-17(11-14)20(18-13-25-21(22-3)23-18)15(2)24(19)12-16-7-5-4-6-8-16/h4-11,13H,12H2,1-3H3,(H,22,23). The summed E-state index contributed by atoms with van der Waals surface area (Å²) in [5.41, 5.74) is 7.40. The zero-order valence-electron chi connectivity index (χ0n) is 14.7. The zero-order chi connectivity index (χ0) is 17.4. The summed E-state index contributed by atoms with van der Waals surface area (Å²) in [6.45, 7) is 5.22. The van der Waals surface area contributed by atoms with Crippen molar-refractivity contribution in [2.75, 3.05) is 12.4 Å². The van der Waals surface area contributed by atoms with Gasteiger partial charge in [-0.15, -0.1) is 11.3 Å². The summed E-state index contributed by atoms with van der Waals surface area (Å²) in [6.07, 6.45) is 0. The number of thiazole rings is 1. The van der Waals surface area contributed by atoms with Crippen LogP contribution in [-0.2, 0) is 6.54 Å². The Balaban J connectivity index is 1.93. The van der Waals surface area contributed by atoms with Crippen molar-refractivity contribution in [3.05, 3.63) is 70.7 Å². The SMILES string of the molecule is CNc1nc(-c2c(C)n(Cc3ccccc3)c3ccc(C)cc23)cs1. The van der Waals surface area contributed by atoms with Gasteiger partial charge in [0.15, 0.2) is 5.13 Å². The molecule has 3 nitrogen and oxygen atoms in total. The molecule has 0 aliphatic heterocycles. The number of rotatable bonds is 4. The first-order valence-corrected chi connectivity index (χ1v) is 9.32. The van der Waals surface area contributed by atoms with E-state index in [2.05, 4.69) is 77.6 Å². The molecule has 0 aliphatic rings. The van der Waals surface area contributed by atoms with Crippen LogP contribution in [0, 0.1) is 13.8 Å². The van der Waals surface area contributed by atoms with Gasteiger partial charge in [-0.25, -0.2) is 4.98 Å². The molecule has 0 saturated heterocycles. The van der Waals surface area contributed by atoms with Crippen molar-refractivity contribution in [3.8, 4) is 11.3 Å². The Morgan fingerprint density at radius 3 is 2.60 bits per heavy atom. The molecule has 0 fully saturated rings. The molecule has 0 amide bonds. The molecule has 4 aromatic rings. The average Bonchev–Trinajstić information content (AvgIpc) is 3.19. The van der Waals surface area contributed by atoms with E-state index in [1.165, 1.54) is 33.3 Å². The predicted molar refractivity (Wildman–Crippen MR) is 108 cm³/mol. The Kier molecular flexibility index (Phi) is 4.06. The van der Waals surface area contributed by atoms with Gasteiger partial charge in [0.25, 0.3) is 0 Å². The molecule has 0 atom stereocenters. The lowest BCUT2D eigenvalue weighted by atomic mass is 10.1. The second-order valence-electron chi connectivity index (χ2n) is 6.34. The molecular weight excluding hydrogens is 326 g/mol. The van der Waals surface area contributed by atoms with Crippen molar-refractivity contribution in [2.45, 2.75) is 20.4 Å². The predicted octanol–water partition coefficient (Wildman–Crippen LogP) is 5.47. The number of aryl methyl sites for hydroxylation is 1. The molecule has 126 valence electrons. The second-order valence-corrected chi connectivity index (χ2v) is 7.20. The van der Waals surface area contributed by atoms with Gasteiger partial charge in [-0.05, 0) is 31.5 Å². The monoisotopic (exact) mass is 347 g/mol. The first-order chi connectivity index (χ1) is 12.2. The van der Waals surface area contributed by atoms with Crippen LogP contribution in [0.15, 0.2) is 53.9 Å². The number of anilines is 1. The van der Waals surface area contributed by atoms with Crippen LogP contribution in [0.5, 0.6) is 0 Å². The topological polar surface area (TPSA) is 29.9 Å². The third-order valence-corrected chi connectivity index (χ3v) is 5.50. The van der Waals surface area contributed by atoms with Crippen molar-refractivity contribution in [1.82, 2.24) is 9.55 Å². The number of aromatic nitrogens is 2. The number of benzene rings is 2. The summed E-state index contributed by atoms with van der Waals surface area (Å²) in [7, 11) is 1.91. The Hall–Kier alpha value is -2.59. The average molecular weight is 347 g/mol. The minimum atomic E-state index is 0.870. The van der Waals surface area contributed by atoms with Crippen molar-refractivity contribution in [2.24, 2.45) is 0 Å². The van der Waals surface area contributed by atoms with E-state index in [0.29, 0.717) is 0 Å². The maximum absolute atomic E-state index is 4.75. The lowest BCUT2D eigenvalue weighted by Crippen LogP contribution is -2.01. The lowest BCUT2D eigenvalue weighted by Gasteiger charge is -2.09. The molecule has 1 N–H and O–H groups in total. The fourth-order valence-electron chi connectivity index (χ4n) is 3.39. The highest BCUT2D eigenvalue weighted by atomic mass is 32.1. The van der Waals surface area contributed by atoms with Crippen molar-refractivity contribution >= 4 is 27.4 Å². The van der Waals surface area contributed by atoms with Crippen LogP contribution in [0.1, 0.15) is 16.8 Å². The normalized spacial score (nSPS) is 11.2. The highest BCUT2D eigenvalue weighted by Gasteiger charge is 2.18. The minimum absolute atomic E-state index is 0.870. The molecule has 25 heavy (non-hydrogen) atoms. The molecule has 4 heteroatoms. The molecule has 2 heterocycles. The van der Waals surface area contributed by atoms with Crippen LogP contribution in [0.4, 0.5) is 5.13 Å². The highest BCUT2D eigenvalue weighted by molar-refractivity contribution is 7.14. The molecule has 0 bridgehead atoms. The summed E-state index contributed by atoms with van der Waals surface area (Å²) < 4.78 is 2.40. The molecule has 0 unspecified atom stereocenters. The van der Waals surface area contributed by atoms with Crippen LogP contribution in [0.3, 0.4) is 0 Å². The minimum Gasteiger partial charge on any atom is -0.365 e. The van der Waals surface area contributed by atoms with Gasteiger partial charge in [0, 0.05) is 41.1 Å². The number of hydrogen-bond acceptors (Lipinski definition) is 3. The molecule has 2 aromatic heterocycles. The van der Waals surface area contributed by atoms with Crippen molar-refractivity contribution < 1.29 is 0 Å². The first kappa shape index (κ1) is 15.9. The van der Waals surface area contributed by atoms with Crippen LogP contribution < -0.4 is 5.32 Å². The van der Waals surface area contributed by atoms with Gasteiger partial charge in [-0.1, -0.05) is 42.0 Å². The summed E-state index contributed by atoms with van der Waals surface area (Å²) in [5.74, 6) is 0. The molecule has 0 spiro atoms. The van der Waals surface area contributed by atoms with E-state index in [1.807, 2.05) is 7.05 Å². The maximum atomic E-state index is 4.75. The van der Waals surface area contributed by atoms with Crippen LogP contribution in [0.25, 0.3) is 22.2 Å². The Labute approximate surface area is 152 Å². The molecule has 2 aromatic carbocycles. The number of hydrogen-bond donors (Lipinski definition) is 1. The number of nitrogens with one attached hydrogen (secondary N) is 1. The third-order valence-electron chi connectivity index (χ3n) is 4.64. The van der Waals surface area contributed by atoms with Crippen LogP contribution in [-0.4, -0.2) is 16.6 Å². The number of nitrogens with zero attached hydrogens (tertiary/aromatic N) is 2. The van der Waals surface area contributed by atoms with Crippen LogP contribution >= 0.6 is 11.3 Å². The van der Waals surface area contributed by atoms with E-state index in [-0.39, 0.29) is 0 Å². The van der Waals surface area contributed by atoms with E-state index in [9.17, 15) is 0 Å². The fourth-order valence-corrected chi connectivity index (χ4v) is 4.06. The van der Waals surface area contributed by atoms with Gasteiger partial charge in [-0.2, -0.15) is 0 Å². The molecular formula is C21H21N3S. The summed E-state index contributed by atoms with van der Waals surface area (Å²) in [6, 6.07) is 17.3. The Morgan fingerprint density at radius 1 is 1.08 bits per heavy atom. The molecule has 0 saturated carbocycles. The largest absolute Gasteiger partial charge is 0.365 e. The van der Waals surface area contributed by atoms with Crippen LogP contribution in [0.2, 0.25) is 0 Å². The molecule has 0 radical (unpaired) electrons. The van der Waals surface area contributed by atoms with Gasteiger partial charge in [-0.3, -0.25) is 0 Å². The van der Waals surface area contributed by atoms with E-state index < -0.39 is 0 Å². The van der Waals surface area contributed by atoms with E-state index in [1.54, 1.807) is 11.3 Å². The number of fused-ring (bicyclic) bond motifs is 1. The fraction of sp³-hybridized carbons (Fsp3) is 0.190. The van der Waals surface area contributed by atoms with Gasteiger partial charge in [0.05, 0.1) is 5.69 Å². The second kappa shape index (κ2) is 6.37. The van der Waals surface area contributed by atoms with Gasteiger partial charge >= 0.3 is 0 Å². The summed E-state index contributed by atoms with van der Waals surface area (Å²) in [5, 5.41) is 7.51. The van der Waals surface area contributed by atoms with Crippen molar-refractivity contribution in [3.63, 3.8) is 0 Å². The zero-order valence-corrected chi connectivity index (χ0v) is 15.5. The van der Waals surface area contributed by atoms with Crippen molar-refractivity contribution in [1.29, 1.82) is 0 Å². The van der Waals surface area contributed by atoms with E-state index in [4.69, 9.17) is 4.98 Å². The van der Waals surface area contributed by atoms with Gasteiger partial charge in [0.1, 0.15) is 0 Å². The maximum Gasteiger partial charge on any atom is 0.182 e. The summed E-state index contributed by atoms with van der Waals surface area (Å²) in [4.78, 5) is 4.75. The molecule has 0 aliphatic carbocycles. The van der Waals surface area contributed by atoms with Gasteiger partial charge in [0.2, 0.25) is 0 Å². The highest BCUT2D eigenvalue weighted by Crippen LogP contribution is 2.36. The molecule has 4 rings (SSSR count). The Morgan fingerprint density at radius 2 is 1.88 bits per heavy atom. The van der Waals surface area contributed by atoms with Gasteiger partial charge < -0.3 is 9.88 Å². The lowest BCUT2D eigenvalue weighted by molar-refractivity contribution is 0.806. The van der Waals surface area contributed by atoms with E-state index >= 15 is 0 Å². The third kappa shape index (κ3) is 2.83. The first-order valence-electron chi connectivity index (χ1n) is 8.44.